The van der Waals surface area contributed by atoms with E-state index in [0.717, 1.165) is 6.42 Å². The number of amidine groups is 1. The lowest BCUT2D eigenvalue weighted by molar-refractivity contribution is -0.126. The van der Waals surface area contributed by atoms with Crippen LogP contribution in [0.4, 0.5) is 0 Å². The second-order valence-electron chi connectivity index (χ2n) is 8.09. The summed E-state index contributed by atoms with van der Waals surface area (Å²) in [6.07, 6.45) is 2.35. The fourth-order valence-electron chi connectivity index (χ4n) is 3.77. The van der Waals surface area contributed by atoms with Gasteiger partial charge in [0, 0.05) is 36.1 Å². The van der Waals surface area contributed by atoms with Crippen LogP contribution in [0.5, 0.6) is 0 Å². The summed E-state index contributed by atoms with van der Waals surface area (Å²) < 4.78 is 29.4. The average molecular weight is 438 g/mol. The molecule has 2 aliphatic heterocycles. The first-order chi connectivity index (χ1) is 13.7. The minimum Gasteiger partial charge on any atom is -0.356 e. The molecule has 1 amide bonds. The number of hydrogen-bond donors (Lipinski definition) is 1. The number of amides is 1. The molecule has 1 fully saturated rings. The zero-order valence-electron chi connectivity index (χ0n) is 17.1. The zero-order valence-corrected chi connectivity index (χ0v) is 18.7. The molecule has 0 unspecified atom stereocenters. The Bertz CT molecular complexity index is 928. The first-order valence-electron chi connectivity index (χ1n) is 10.0. The fourth-order valence-corrected chi connectivity index (χ4v) is 5.38. The van der Waals surface area contributed by atoms with Gasteiger partial charge in [0.05, 0.1) is 0 Å². The van der Waals surface area contributed by atoms with Gasteiger partial charge >= 0.3 is 0 Å². The zero-order chi connectivity index (χ0) is 21.2. The highest BCUT2D eigenvalue weighted by molar-refractivity contribution is 8.00. The molecule has 0 saturated carbocycles. The van der Waals surface area contributed by atoms with E-state index in [0.29, 0.717) is 60.4 Å². The summed E-state index contributed by atoms with van der Waals surface area (Å²) in [4.78, 5) is 14.6. The highest BCUT2D eigenvalue weighted by atomic mass is 35.5. The first kappa shape index (κ1) is 21.8. The third-order valence-corrected chi connectivity index (χ3v) is 7.16. The molecular weight excluding hydrogens is 410 g/mol. The third-order valence-electron chi connectivity index (χ3n) is 5.43. The second kappa shape index (κ2) is 8.88. The Kier molecular flexibility index (Phi) is 6.69. The molecule has 0 radical (unpaired) electrons. The molecular formula is C21H28ClN3O3S. The maximum Gasteiger partial charge on any atom is 0.285 e. The molecule has 1 saturated heterocycles. The Morgan fingerprint density at radius 1 is 1.24 bits per heavy atom. The van der Waals surface area contributed by atoms with E-state index in [9.17, 15) is 13.2 Å². The van der Waals surface area contributed by atoms with Crippen molar-refractivity contribution >= 4 is 38.3 Å². The number of sulfonamides is 1. The van der Waals surface area contributed by atoms with Gasteiger partial charge in [-0.2, -0.15) is 8.42 Å². The number of benzene rings is 1. The standard InChI is InChI=1S/C21H28ClN3O3S/c1-14(2)8-11-23-21(26)17-9-12-25(13-10-17)20-15(3)19(29(27,28)24-20)16-4-6-18(22)7-5-16/h4-7,14,17H,8-13H2,1-3H3,(H,23,26). The average Bonchev–Trinajstić information content (AvgIpc) is 2.91. The van der Waals surface area contributed by atoms with Crippen LogP contribution < -0.4 is 5.32 Å². The second-order valence-corrected chi connectivity index (χ2v) is 10.1. The number of carbonyl (C=O) groups excluding carboxylic acids is 1. The number of hydrogen-bond acceptors (Lipinski definition) is 4. The van der Waals surface area contributed by atoms with E-state index in [-0.39, 0.29) is 16.7 Å². The van der Waals surface area contributed by atoms with E-state index in [1.54, 1.807) is 31.2 Å². The van der Waals surface area contributed by atoms with Gasteiger partial charge < -0.3 is 10.2 Å². The molecule has 1 aromatic rings. The molecule has 3 rings (SSSR count). The van der Waals surface area contributed by atoms with Crippen LogP contribution in [0.3, 0.4) is 0 Å². The summed E-state index contributed by atoms with van der Waals surface area (Å²) in [6.45, 7) is 7.99. The Labute approximate surface area is 178 Å². The van der Waals surface area contributed by atoms with Crippen LogP contribution in [0.15, 0.2) is 34.2 Å². The van der Waals surface area contributed by atoms with Gasteiger partial charge in [0.2, 0.25) is 5.91 Å². The number of halogens is 1. The number of carbonyl (C=O) groups is 1. The van der Waals surface area contributed by atoms with Gasteiger partial charge in [-0.05, 0) is 49.8 Å². The van der Waals surface area contributed by atoms with Crippen LogP contribution in [-0.4, -0.2) is 44.7 Å². The minimum atomic E-state index is -3.75. The monoisotopic (exact) mass is 437 g/mol. The Morgan fingerprint density at radius 2 is 1.86 bits per heavy atom. The van der Waals surface area contributed by atoms with E-state index in [1.165, 1.54) is 0 Å². The highest BCUT2D eigenvalue weighted by Crippen LogP contribution is 2.35. The maximum atomic E-state index is 12.7. The van der Waals surface area contributed by atoms with Crippen molar-refractivity contribution in [2.45, 2.75) is 40.0 Å². The van der Waals surface area contributed by atoms with Gasteiger partial charge in [0.1, 0.15) is 10.7 Å². The Hall–Kier alpha value is -1.86. The highest BCUT2D eigenvalue weighted by Gasteiger charge is 2.35. The molecule has 0 spiro atoms. The number of piperidine rings is 1. The normalized spacial score (nSPS) is 19.6. The molecule has 0 aromatic heterocycles. The third kappa shape index (κ3) is 5.01. The van der Waals surface area contributed by atoms with Crippen molar-refractivity contribution in [2.24, 2.45) is 16.2 Å². The molecule has 0 atom stereocenters. The summed E-state index contributed by atoms with van der Waals surface area (Å²) >= 11 is 5.93. The van der Waals surface area contributed by atoms with Gasteiger partial charge in [-0.25, -0.2) is 0 Å². The summed E-state index contributed by atoms with van der Waals surface area (Å²) in [7, 11) is -3.75. The Morgan fingerprint density at radius 3 is 2.45 bits per heavy atom. The molecule has 158 valence electrons. The van der Waals surface area contributed by atoms with Crippen molar-refractivity contribution in [3.63, 3.8) is 0 Å². The van der Waals surface area contributed by atoms with Crippen molar-refractivity contribution in [1.29, 1.82) is 0 Å². The van der Waals surface area contributed by atoms with Crippen molar-refractivity contribution in [3.8, 4) is 0 Å². The van der Waals surface area contributed by atoms with Crippen LogP contribution in [0.2, 0.25) is 5.02 Å². The van der Waals surface area contributed by atoms with Crippen molar-refractivity contribution < 1.29 is 13.2 Å². The largest absolute Gasteiger partial charge is 0.356 e. The van der Waals surface area contributed by atoms with Gasteiger partial charge in [0.25, 0.3) is 10.0 Å². The number of nitrogens with zero attached hydrogens (tertiary/aromatic N) is 2. The molecule has 8 heteroatoms. The van der Waals surface area contributed by atoms with E-state index in [1.807, 2.05) is 4.90 Å². The van der Waals surface area contributed by atoms with Gasteiger partial charge in [-0.1, -0.05) is 37.6 Å². The van der Waals surface area contributed by atoms with Gasteiger partial charge in [-0.3, -0.25) is 4.79 Å². The van der Waals surface area contributed by atoms with E-state index in [4.69, 9.17) is 11.6 Å². The molecule has 1 N–H and O–H groups in total. The lowest BCUT2D eigenvalue weighted by atomic mass is 9.95. The predicted octanol–water partition coefficient (Wildman–Crippen LogP) is 3.69. The number of likely N-dealkylation sites (tertiary alicyclic amines) is 1. The van der Waals surface area contributed by atoms with E-state index in [2.05, 4.69) is 23.6 Å². The van der Waals surface area contributed by atoms with Crippen LogP contribution in [0.25, 0.3) is 4.91 Å². The van der Waals surface area contributed by atoms with Crippen LogP contribution in [0, 0.1) is 11.8 Å². The fraction of sp³-hybridized carbons (Fsp3) is 0.524. The molecule has 29 heavy (non-hydrogen) atoms. The van der Waals surface area contributed by atoms with Crippen LogP contribution in [-0.2, 0) is 14.8 Å². The number of nitrogens with one attached hydrogen (secondary N) is 1. The molecule has 2 heterocycles. The van der Waals surface area contributed by atoms with E-state index < -0.39 is 10.0 Å². The van der Waals surface area contributed by atoms with E-state index >= 15 is 0 Å². The topological polar surface area (TPSA) is 78.8 Å². The summed E-state index contributed by atoms with van der Waals surface area (Å²) in [5.41, 5.74) is 1.23. The number of rotatable bonds is 5. The van der Waals surface area contributed by atoms with Crippen molar-refractivity contribution in [2.75, 3.05) is 19.6 Å². The van der Waals surface area contributed by atoms with Crippen LogP contribution in [0.1, 0.15) is 45.6 Å². The molecule has 6 nitrogen and oxygen atoms in total. The van der Waals surface area contributed by atoms with Gasteiger partial charge in [-0.15, -0.1) is 4.40 Å². The summed E-state index contributed by atoms with van der Waals surface area (Å²) in [6, 6.07) is 6.75. The molecule has 0 aliphatic carbocycles. The molecule has 2 aliphatic rings. The SMILES string of the molecule is CC1=C(c2ccc(Cl)cc2)S(=O)(=O)N=C1N1CCC(C(=O)NCCC(C)C)CC1. The lowest BCUT2D eigenvalue weighted by Gasteiger charge is -2.32. The quantitative estimate of drug-likeness (QED) is 0.761. The van der Waals surface area contributed by atoms with Crippen molar-refractivity contribution in [3.05, 3.63) is 40.4 Å². The smallest absolute Gasteiger partial charge is 0.285 e. The maximum absolute atomic E-state index is 12.7. The molecule has 0 bridgehead atoms. The summed E-state index contributed by atoms with van der Waals surface area (Å²) in [5, 5.41) is 3.57. The first-order valence-corrected chi connectivity index (χ1v) is 11.9. The lowest BCUT2D eigenvalue weighted by Crippen LogP contribution is -2.43. The van der Waals surface area contributed by atoms with Crippen molar-refractivity contribution in [1.82, 2.24) is 10.2 Å². The van der Waals surface area contributed by atoms with Crippen LogP contribution >= 0.6 is 11.6 Å². The molecule has 1 aromatic carbocycles. The Balaban J connectivity index is 1.68. The minimum absolute atomic E-state index is 0.0305. The van der Waals surface area contributed by atoms with Gasteiger partial charge in [0.15, 0.2) is 0 Å². The predicted molar refractivity (Wildman–Crippen MR) is 117 cm³/mol. The summed E-state index contributed by atoms with van der Waals surface area (Å²) in [5.74, 6) is 1.12.